The second-order valence-corrected chi connectivity index (χ2v) is 7.91. The summed E-state index contributed by atoms with van der Waals surface area (Å²) < 4.78 is 57.8. The molecule has 4 rings (SSSR count). The third kappa shape index (κ3) is 4.61. The van der Waals surface area contributed by atoms with Crippen LogP contribution in [0.25, 0.3) is 34.4 Å². The third-order valence-corrected chi connectivity index (χ3v) is 5.69. The number of benzene rings is 4. The van der Waals surface area contributed by atoms with E-state index in [1.165, 1.54) is 12.1 Å². The fourth-order valence-corrected chi connectivity index (χ4v) is 3.69. The molecule has 0 atom stereocenters. The number of rotatable bonds is 5. The van der Waals surface area contributed by atoms with Crippen LogP contribution in [0.5, 0.6) is 0 Å². The van der Waals surface area contributed by atoms with E-state index in [2.05, 4.69) is 0 Å². The van der Waals surface area contributed by atoms with Crippen molar-refractivity contribution in [1.29, 1.82) is 0 Å². The Bertz CT molecular complexity index is 1320. The molecule has 4 aromatic rings. The van der Waals surface area contributed by atoms with Gasteiger partial charge in [-0.25, -0.2) is 17.6 Å². The molecule has 0 heterocycles. The minimum absolute atomic E-state index is 0.121. The molecular weight excluding hydrogens is 424 g/mol. The molecule has 0 spiro atoms. The zero-order valence-electron chi connectivity index (χ0n) is 18.3. The molecule has 0 aliphatic heterocycles. The van der Waals surface area contributed by atoms with Crippen LogP contribution in [0.15, 0.2) is 72.8 Å². The second-order valence-electron chi connectivity index (χ2n) is 7.91. The molecule has 0 aliphatic carbocycles. The van der Waals surface area contributed by atoms with Crippen LogP contribution in [0.1, 0.15) is 29.2 Å². The summed E-state index contributed by atoms with van der Waals surface area (Å²) in [6.07, 6.45) is 3.54. The van der Waals surface area contributed by atoms with Crippen LogP contribution in [0.2, 0.25) is 0 Å². The molecule has 0 nitrogen and oxygen atoms in total. The van der Waals surface area contributed by atoms with Crippen LogP contribution in [-0.2, 0) is 6.42 Å². The summed E-state index contributed by atoms with van der Waals surface area (Å²) in [5.74, 6) is -3.52. The highest BCUT2D eigenvalue weighted by Crippen LogP contribution is 2.29. The van der Waals surface area contributed by atoms with E-state index in [9.17, 15) is 17.6 Å². The zero-order valence-corrected chi connectivity index (χ0v) is 18.3. The van der Waals surface area contributed by atoms with Crippen molar-refractivity contribution >= 4 is 12.2 Å². The van der Waals surface area contributed by atoms with Gasteiger partial charge in [0.2, 0.25) is 0 Å². The molecular formula is C29H22F4. The summed E-state index contributed by atoms with van der Waals surface area (Å²) in [7, 11) is 0. The average molecular weight is 446 g/mol. The molecule has 0 amide bonds. The van der Waals surface area contributed by atoms with Crippen LogP contribution in [0.4, 0.5) is 17.6 Å². The van der Waals surface area contributed by atoms with Gasteiger partial charge in [-0.1, -0.05) is 97.4 Å². The van der Waals surface area contributed by atoms with Gasteiger partial charge in [0.25, 0.3) is 0 Å². The van der Waals surface area contributed by atoms with E-state index in [0.29, 0.717) is 28.7 Å². The molecule has 4 aromatic carbocycles. The first kappa shape index (κ1) is 22.5. The predicted molar refractivity (Wildman–Crippen MR) is 127 cm³/mol. The maximum absolute atomic E-state index is 14.7. The normalized spacial score (nSPS) is 11.3. The highest BCUT2D eigenvalue weighted by atomic mass is 19.2. The lowest BCUT2D eigenvalue weighted by Gasteiger charge is -2.08. The van der Waals surface area contributed by atoms with Gasteiger partial charge in [-0.3, -0.25) is 0 Å². The molecule has 0 radical (unpaired) electrons. The van der Waals surface area contributed by atoms with Crippen LogP contribution >= 0.6 is 0 Å². The van der Waals surface area contributed by atoms with Gasteiger partial charge in [0.15, 0.2) is 23.3 Å². The number of halogens is 4. The minimum Gasteiger partial charge on any atom is -0.203 e. The Hall–Kier alpha value is -3.66. The molecule has 4 heteroatoms. The molecule has 0 aliphatic rings. The van der Waals surface area contributed by atoms with Crippen molar-refractivity contribution < 1.29 is 17.6 Å². The third-order valence-electron chi connectivity index (χ3n) is 5.69. The van der Waals surface area contributed by atoms with E-state index in [0.717, 1.165) is 5.56 Å². The molecule has 0 unspecified atom stereocenters. The maximum Gasteiger partial charge on any atom is 0.167 e. The van der Waals surface area contributed by atoms with Crippen molar-refractivity contribution in [2.24, 2.45) is 0 Å². The van der Waals surface area contributed by atoms with Crippen LogP contribution < -0.4 is 0 Å². The van der Waals surface area contributed by atoms with Crippen molar-refractivity contribution in [3.8, 4) is 22.3 Å². The molecule has 0 saturated heterocycles. The second kappa shape index (κ2) is 9.45. The summed E-state index contributed by atoms with van der Waals surface area (Å²) >= 11 is 0. The van der Waals surface area contributed by atoms with Gasteiger partial charge < -0.3 is 0 Å². The largest absolute Gasteiger partial charge is 0.203 e. The fraction of sp³-hybridized carbons (Fsp3) is 0.103. The van der Waals surface area contributed by atoms with E-state index < -0.39 is 23.3 Å². The van der Waals surface area contributed by atoms with Crippen LogP contribution in [0, 0.1) is 30.2 Å². The highest BCUT2D eigenvalue weighted by molar-refractivity contribution is 5.74. The quantitative estimate of drug-likeness (QED) is 0.213. The predicted octanol–water partition coefficient (Wildman–Crippen LogP) is 8.62. The first-order valence-corrected chi connectivity index (χ1v) is 10.7. The van der Waals surface area contributed by atoms with Crippen LogP contribution in [0.3, 0.4) is 0 Å². The van der Waals surface area contributed by atoms with Gasteiger partial charge in [0.1, 0.15) is 0 Å². The van der Waals surface area contributed by atoms with Crippen molar-refractivity contribution in [3.63, 3.8) is 0 Å². The lowest BCUT2D eigenvalue weighted by atomic mass is 9.99. The zero-order chi connectivity index (χ0) is 23.5. The maximum atomic E-state index is 14.7. The van der Waals surface area contributed by atoms with Crippen molar-refractivity contribution in [1.82, 2.24) is 0 Å². The molecule has 0 fully saturated rings. The number of hydrogen-bond donors (Lipinski definition) is 0. The van der Waals surface area contributed by atoms with Crippen molar-refractivity contribution in [3.05, 3.63) is 118 Å². The molecule has 0 aromatic heterocycles. The van der Waals surface area contributed by atoms with E-state index in [1.807, 2.05) is 19.1 Å². The van der Waals surface area contributed by atoms with Gasteiger partial charge in [0.05, 0.1) is 0 Å². The Morgan fingerprint density at radius 1 is 0.576 bits per heavy atom. The van der Waals surface area contributed by atoms with E-state index in [1.54, 1.807) is 67.6 Å². The van der Waals surface area contributed by atoms with Crippen LogP contribution in [-0.4, -0.2) is 0 Å². The lowest BCUT2D eigenvalue weighted by Crippen LogP contribution is -1.95. The number of hydrogen-bond acceptors (Lipinski definition) is 0. The summed E-state index contributed by atoms with van der Waals surface area (Å²) in [6.45, 7) is 3.70. The Morgan fingerprint density at radius 3 is 1.73 bits per heavy atom. The molecule has 166 valence electrons. The van der Waals surface area contributed by atoms with Gasteiger partial charge in [-0.05, 0) is 35.6 Å². The van der Waals surface area contributed by atoms with E-state index in [4.69, 9.17) is 0 Å². The fourth-order valence-electron chi connectivity index (χ4n) is 3.69. The molecule has 0 N–H and O–H groups in total. The Kier molecular flexibility index (Phi) is 6.45. The first-order valence-electron chi connectivity index (χ1n) is 10.7. The van der Waals surface area contributed by atoms with E-state index >= 15 is 0 Å². The Morgan fingerprint density at radius 2 is 1.12 bits per heavy atom. The van der Waals surface area contributed by atoms with Gasteiger partial charge in [-0.15, -0.1) is 0 Å². The van der Waals surface area contributed by atoms with Crippen molar-refractivity contribution in [2.75, 3.05) is 0 Å². The standard InChI is InChI=1S/C29H22F4/c1-3-20-14-16-24(28(32)26(20)30)22-11-6-19(7-12-22)8-13-23-15-17-25(29(33)27(23)31)21-9-4-18(2)5-10-21/h4-17H,3H2,1-2H3/b13-8+. The Labute approximate surface area is 190 Å². The molecule has 33 heavy (non-hydrogen) atoms. The van der Waals surface area contributed by atoms with Gasteiger partial charge in [0, 0.05) is 16.7 Å². The van der Waals surface area contributed by atoms with Gasteiger partial charge >= 0.3 is 0 Å². The summed E-state index contributed by atoms with van der Waals surface area (Å²) in [5, 5.41) is 0. The first-order chi connectivity index (χ1) is 15.9. The monoisotopic (exact) mass is 446 g/mol. The van der Waals surface area contributed by atoms with Crippen molar-refractivity contribution in [2.45, 2.75) is 20.3 Å². The Balaban J connectivity index is 1.57. The number of aryl methyl sites for hydroxylation is 2. The highest BCUT2D eigenvalue weighted by Gasteiger charge is 2.15. The lowest BCUT2D eigenvalue weighted by molar-refractivity contribution is 0.502. The minimum atomic E-state index is -0.922. The van der Waals surface area contributed by atoms with Gasteiger partial charge in [-0.2, -0.15) is 0 Å². The summed E-state index contributed by atoms with van der Waals surface area (Å²) in [5.41, 5.74) is 3.74. The summed E-state index contributed by atoms with van der Waals surface area (Å²) in [4.78, 5) is 0. The summed E-state index contributed by atoms with van der Waals surface area (Å²) in [6, 6.07) is 20.2. The molecule has 0 saturated carbocycles. The average Bonchev–Trinajstić information content (AvgIpc) is 2.83. The smallest absolute Gasteiger partial charge is 0.167 e. The molecule has 0 bridgehead atoms. The van der Waals surface area contributed by atoms with E-state index in [-0.39, 0.29) is 16.7 Å². The topological polar surface area (TPSA) is 0 Å². The SMILES string of the molecule is CCc1ccc(-c2ccc(/C=C/c3ccc(-c4ccc(C)cc4)c(F)c3F)cc2)c(F)c1F.